The van der Waals surface area contributed by atoms with Crippen LogP contribution in [0, 0.1) is 6.92 Å². The minimum Gasteiger partial charge on any atom is -0.478 e. The Bertz CT molecular complexity index is 2420. The lowest BCUT2D eigenvalue weighted by Crippen LogP contribution is -2.37. The molecule has 1 aliphatic rings. The molecule has 4 aromatic carbocycles. The van der Waals surface area contributed by atoms with Crippen molar-refractivity contribution in [2.75, 3.05) is 19.6 Å². The fraction of sp³-hybridized carbons (Fsp3) is 0.293. The lowest BCUT2D eigenvalue weighted by molar-refractivity contribution is 0.0694. The van der Waals surface area contributed by atoms with Gasteiger partial charge in [0.1, 0.15) is 0 Å². The molecule has 14 heteroatoms. The molecular weight excluding hydrogens is 742 g/mol. The van der Waals surface area contributed by atoms with Crippen molar-refractivity contribution in [1.29, 1.82) is 0 Å². The van der Waals surface area contributed by atoms with Gasteiger partial charge in [0.25, 0.3) is 27.7 Å². The summed E-state index contributed by atoms with van der Waals surface area (Å²) in [4.78, 5) is 56.9. The van der Waals surface area contributed by atoms with E-state index in [9.17, 15) is 32.7 Å². The second-order valence-corrected chi connectivity index (χ2v) is 15.7. The van der Waals surface area contributed by atoms with E-state index in [4.69, 9.17) is 11.6 Å². The normalized spacial score (nSPS) is 12.7. The van der Waals surface area contributed by atoms with Gasteiger partial charge in [-0.25, -0.2) is 22.6 Å². The first-order chi connectivity index (χ1) is 26.3. The lowest BCUT2D eigenvalue weighted by atomic mass is 9.96. The number of aromatic carboxylic acids is 1. The first-order valence-corrected chi connectivity index (χ1v) is 20.1. The summed E-state index contributed by atoms with van der Waals surface area (Å²) in [6.45, 7) is 7.21. The van der Waals surface area contributed by atoms with Gasteiger partial charge < -0.3 is 14.9 Å². The van der Waals surface area contributed by atoms with Crippen LogP contribution in [0.15, 0.2) is 83.8 Å². The molecule has 0 saturated heterocycles. The summed E-state index contributed by atoms with van der Waals surface area (Å²) in [6.07, 6.45) is 3.85. The molecule has 0 atom stereocenters. The number of carbonyl (C=O) groups excluding carboxylic acids is 3. The number of fused-ring (bicyclic) bond motifs is 2. The van der Waals surface area contributed by atoms with Crippen molar-refractivity contribution in [3.8, 4) is 5.69 Å². The molecule has 0 bridgehead atoms. The van der Waals surface area contributed by atoms with Crippen LogP contribution in [0.2, 0.25) is 5.02 Å². The summed E-state index contributed by atoms with van der Waals surface area (Å²) in [5, 5.41) is 15.9. The number of nitrogens with one attached hydrogen (secondary N) is 1. The topological polar surface area (TPSA) is 159 Å². The van der Waals surface area contributed by atoms with Crippen LogP contribution in [0.4, 0.5) is 0 Å². The number of rotatable bonds is 13. The fourth-order valence-corrected chi connectivity index (χ4v) is 7.87. The maximum absolute atomic E-state index is 14.5. The molecule has 0 spiro atoms. The van der Waals surface area contributed by atoms with Gasteiger partial charge in [-0.15, -0.1) is 0 Å². The molecule has 0 radical (unpaired) electrons. The number of nitrogens with zero attached hydrogens (tertiary/aromatic N) is 4. The smallest absolute Gasteiger partial charge is 0.335 e. The minimum atomic E-state index is -4.32. The molecule has 1 aliphatic heterocycles. The maximum atomic E-state index is 14.5. The predicted octanol–water partition coefficient (Wildman–Crippen LogP) is 7.05. The molecule has 2 N–H and O–H groups in total. The zero-order valence-electron chi connectivity index (χ0n) is 30.8. The number of amides is 3. The second kappa shape index (κ2) is 16.5. The molecule has 1 aromatic heterocycles. The molecule has 0 saturated carbocycles. The molecule has 0 fully saturated rings. The number of carbonyl (C=O) groups is 4. The molecule has 0 unspecified atom stereocenters. The summed E-state index contributed by atoms with van der Waals surface area (Å²) in [6, 6.07) is 20.7. The van der Waals surface area contributed by atoms with Gasteiger partial charge in [-0.2, -0.15) is 5.10 Å². The van der Waals surface area contributed by atoms with E-state index in [1.54, 1.807) is 36.1 Å². The van der Waals surface area contributed by atoms with Crippen LogP contribution in [0.25, 0.3) is 16.5 Å². The van der Waals surface area contributed by atoms with Gasteiger partial charge >= 0.3 is 5.97 Å². The predicted molar refractivity (Wildman–Crippen MR) is 209 cm³/mol. The highest BCUT2D eigenvalue weighted by Crippen LogP contribution is 2.30. The zero-order chi connectivity index (χ0) is 39.4. The third kappa shape index (κ3) is 8.27. The number of hydrogen-bond acceptors (Lipinski definition) is 7. The number of benzene rings is 4. The molecule has 3 amide bonds. The molecule has 55 heavy (non-hydrogen) atoms. The Morgan fingerprint density at radius 2 is 1.56 bits per heavy atom. The van der Waals surface area contributed by atoms with Gasteiger partial charge in [-0.05, 0) is 90.6 Å². The number of carboxylic acids is 1. The molecule has 5 aromatic rings. The van der Waals surface area contributed by atoms with Crippen molar-refractivity contribution in [1.82, 2.24) is 24.3 Å². The van der Waals surface area contributed by atoms with Crippen LogP contribution in [-0.4, -0.2) is 76.4 Å². The molecular formula is C41H42ClN5O7S. The first kappa shape index (κ1) is 39.2. The van der Waals surface area contributed by atoms with Gasteiger partial charge in [-0.3, -0.25) is 14.4 Å². The first-order valence-electron chi connectivity index (χ1n) is 18.2. The molecule has 286 valence electrons. The number of carboxylic acid groups (broad SMARTS) is 1. The summed E-state index contributed by atoms with van der Waals surface area (Å²) >= 11 is 6.79. The molecule has 12 nitrogen and oxygen atoms in total. The van der Waals surface area contributed by atoms with Crippen LogP contribution in [0.1, 0.15) is 97.9 Å². The average Bonchev–Trinajstić information content (AvgIpc) is 3.48. The third-order valence-electron chi connectivity index (χ3n) is 9.82. The van der Waals surface area contributed by atoms with Crippen molar-refractivity contribution in [3.05, 3.63) is 123 Å². The largest absolute Gasteiger partial charge is 0.478 e. The monoisotopic (exact) mass is 783 g/mol. The molecule has 2 heterocycles. The standard InChI is InChI=1S/C41H42ClN5O7S/c1-4-6-19-45(20-7-5-2)40(50)37-36(42)26(3)47(43-37)35-17-15-30(38(48)44-55(53,54)33-16-14-27-10-8-9-11-29(27)23-33)24-34(35)39(49)46-21-18-28-12-13-31(41(51)52)22-32(28)25-46/h8-17,22-24H,4-7,18-21,25H2,1-3H3,(H,44,48)(H,51,52). The van der Waals surface area contributed by atoms with E-state index < -0.39 is 27.8 Å². The highest BCUT2D eigenvalue weighted by Gasteiger charge is 2.30. The van der Waals surface area contributed by atoms with E-state index in [1.807, 2.05) is 26.0 Å². The second-order valence-electron chi connectivity index (χ2n) is 13.6. The van der Waals surface area contributed by atoms with E-state index in [2.05, 4.69) is 9.82 Å². The Morgan fingerprint density at radius 1 is 0.873 bits per heavy atom. The van der Waals surface area contributed by atoms with Gasteiger partial charge in [0, 0.05) is 31.7 Å². The van der Waals surface area contributed by atoms with Gasteiger partial charge in [0.2, 0.25) is 0 Å². The SMILES string of the molecule is CCCCN(CCCC)C(=O)c1nn(-c2ccc(C(=O)NS(=O)(=O)c3ccc4ccccc4c3)cc2C(=O)N2CCc3ccc(C(=O)O)cc3C2)c(C)c1Cl. The Kier molecular flexibility index (Phi) is 11.7. The Balaban J connectivity index is 1.39. The van der Waals surface area contributed by atoms with Gasteiger partial charge in [0.05, 0.1) is 32.4 Å². The summed E-state index contributed by atoms with van der Waals surface area (Å²) < 4.78 is 30.4. The van der Waals surface area contributed by atoms with Crippen molar-refractivity contribution in [3.63, 3.8) is 0 Å². The van der Waals surface area contributed by atoms with E-state index in [1.165, 1.54) is 52.0 Å². The van der Waals surface area contributed by atoms with Crippen molar-refractivity contribution in [2.45, 2.75) is 64.3 Å². The third-order valence-corrected chi connectivity index (χ3v) is 11.6. The number of hydrogen-bond donors (Lipinski definition) is 2. The zero-order valence-corrected chi connectivity index (χ0v) is 32.4. The number of sulfonamides is 1. The van der Waals surface area contributed by atoms with E-state index in [-0.39, 0.29) is 57.0 Å². The molecule has 0 aliphatic carbocycles. The van der Waals surface area contributed by atoms with Crippen LogP contribution in [0.5, 0.6) is 0 Å². The van der Waals surface area contributed by atoms with E-state index in [0.717, 1.165) is 36.6 Å². The van der Waals surface area contributed by atoms with Crippen molar-refractivity contribution < 1.29 is 32.7 Å². The van der Waals surface area contributed by atoms with E-state index in [0.29, 0.717) is 36.2 Å². The summed E-state index contributed by atoms with van der Waals surface area (Å²) in [7, 11) is -4.32. The van der Waals surface area contributed by atoms with E-state index >= 15 is 0 Å². The average molecular weight is 784 g/mol. The van der Waals surface area contributed by atoms with Crippen molar-refractivity contribution in [2.24, 2.45) is 0 Å². The summed E-state index contributed by atoms with van der Waals surface area (Å²) in [5.41, 5.74) is 2.19. The number of unbranched alkanes of at least 4 members (excludes halogenated alkanes) is 2. The summed E-state index contributed by atoms with van der Waals surface area (Å²) in [5.74, 6) is -2.90. The maximum Gasteiger partial charge on any atom is 0.335 e. The molecule has 6 rings (SSSR count). The number of aromatic nitrogens is 2. The van der Waals surface area contributed by atoms with Crippen molar-refractivity contribution >= 4 is 56.1 Å². The Morgan fingerprint density at radius 3 is 2.25 bits per heavy atom. The van der Waals surface area contributed by atoms with Gasteiger partial charge in [0.15, 0.2) is 5.69 Å². The van der Waals surface area contributed by atoms with Gasteiger partial charge in [-0.1, -0.05) is 74.7 Å². The fourth-order valence-electron chi connectivity index (χ4n) is 6.66. The van der Waals surface area contributed by atoms with Crippen LogP contribution in [0.3, 0.4) is 0 Å². The highest BCUT2D eigenvalue weighted by atomic mass is 35.5. The number of halogens is 1. The van der Waals surface area contributed by atoms with Crippen LogP contribution < -0.4 is 4.72 Å². The lowest BCUT2D eigenvalue weighted by Gasteiger charge is -2.30. The highest BCUT2D eigenvalue weighted by molar-refractivity contribution is 7.90. The Labute approximate surface area is 324 Å². The Hall–Kier alpha value is -5.53. The quantitative estimate of drug-likeness (QED) is 0.129. The minimum absolute atomic E-state index is 0.00341. The van der Waals surface area contributed by atoms with Crippen LogP contribution >= 0.6 is 11.6 Å². The van der Waals surface area contributed by atoms with Crippen LogP contribution in [-0.2, 0) is 23.0 Å².